The predicted octanol–water partition coefficient (Wildman–Crippen LogP) is -16.7. The van der Waals surface area contributed by atoms with Crippen molar-refractivity contribution in [1.29, 1.82) is 0 Å². The predicted molar refractivity (Wildman–Crippen MR) is 324 cm³/mol. The number of aliphatic hydroxyl groups is 25. The summed E-state index contributed by atoms with van der Waals surface area (Å²) in [5.74, 6) is -1.12. The van der Waals surface area contributed by atoms with Crippen LogP contribution >= 0.6 is 0 Å². The van der Waals surface area contributed by atoms with Crippen molar-refractivity contribution < 1.29 is 213 Å². The van der Waals surface area contributed by atoms with Gasteiger partial charge in [0.2, 0.25) is 12.1 Å². The molecule has 0 saturated carbocycles. The van der Waals surface area contributed by atoms with Gasteiger partial charge in [-0.05, 0) is 24.1 Å². The van der Waals surface area contributed by atoms with Crippen molar-refractivity contribution in [3.05, 3.63) is 29.8 Å². The first-order chi connectivity index (χ1) is 49.5. The number of aliphatic hydroxyl groups excluding tert-OH is 25. The van der Waals surface area contributed by atoms with Crippen LogP contribution in [0.3, 0.4) is 0 Å². The summed E-state index contributed by atoms with van der Waals surface area (Å²) >= 11 is 0. The van der Waals surface area contributed by atoms with E-state index in [1.54, 1.807) is 26.0 Å². The Labute approximate surface area is 594 Å². The third kappa shape index (κ3) is 18.2. The van der Waals surface area contributed by atoms with Gasteiger partial charge in [-0.3, -0.25) is 9.59 Å². The van der Waals surface area contributed by atoms with Crippen LogP contribution in [-0.2, 0) is 87.1 Å². The molecule has 1 aromatic rings. The van der Waals surface area contributed by atoms with Crippen LogP contribution in [0.15, 0.2) is 24.3 Å². The number of carbonyl (C=O) groups is 2. The average Bonchev–Trinajstić information content (AvgIpc) is 1.75. The highest BCUT2D eigenvalue weighted by Gasteiger charge is 2.56. The minimum absolute atomic E-state index is 0.122. The molecule has 9 aliphatic heterocycles. The Morgan fingerprint density at radius 2 is 0.514 bits per heavy atom. The molecule has 10 rings (SSSR count). The fourth-order valence-electron chi connectivity index (χ4n) is 13.1. The molecule has 0 bridgehead atoms. The van der Waals surface area contributed by atoms with Crippen LogP contribution in [0.4, 0.5) is 0 Å². The highest BCUT2D eigenvalue weighted by atomic mass is 16.8. The Balaban J connectivity index is 0.682. The number of benzene rings is 1. The fourth-order valence-corrected chi connectivity index (χ4v) is 13.1. The second kappa shape index (κ2) is 35.5. The molecule has 1 amide bonds. The number of amides is 1. The van der Waals surface area contributed by atoms with Gasteiger partial charge in [0.25, 0.3) is 5.91 Å². The van der Waals surface area contributed by atoms with Gasteiger partial charge in [0.15, 0.2) is 44.0 Å². The zero-order valence-electron chi connectivity index (χ0n) is 55.9. The number of carbonyl (C=O) groups excluding carboxylic acids is 2. The van der Waals surface area contributed by atoms with Gasteiger partial charge in [0.05, 0.1) is 58.3 Å². The van der Waals surface area contributed by atoms with Crippen LogP contribution in [0.2, 0.25) is 0 Å². The van der Waals surface area contributed by atoms with Gasteiger partial charge >= 0.3 is 0 Å². The van der Waals surface area contributed by atoms with Crippen molar-refractivity contribution >= 4 is 11.7 Å². The molecule has 602 valence electrons. The Kier molecular flexibility index (Phi) is 28.4. The third-order valence-corrected chi connectivity index (χ3v) is 20.1. The third-order valence-electron chi connectivity index (χ3n) is 20.1. The quantitative estimate of drug-likeness (QED) is 0.0383. The summed E-state index contributed by atoms with van der Waals surface area (Å²) in [6, 6.07) is 5.74. The minimum atomic E-state index is -2.10. The number of hydrogen-bond donors (Lipinski definition) is 26. The largest absolute Gasteiger partial charge is 0.462 e. The Bertz CT molecular complexity index is 2920. The van der Waals surface area contributed by atoms with E-state index in [-0.39, 0.29) is 12.2 Å². The van der Waals surface area contributed by atoms with Crippen LogP contribution < -0.4 is 10.1 Å². The highest BCUT2D eigenvalue weighted by molar-refractivity contribution is 6.40. The van der Waals surface area contributed by atoms with Gasteiger partial charge in [-0.25, -0.2) is 0 Å². The lowest BCUT2D eigenvalue weighted by Crippen LogP contribution is -2.63. The fraction of sp³-hybridized carbons (Fsp3) is 0.869. The molecule has 41 atom stereocenters. The lowest BCUT2D eigenvalue weighted by atomic mass is 9.81. The monoisotopic (exact) mass is 1530 g/mol. The van der Waals surface area contributed by atoms with Crippen LogP contribution in [0, 0.1) is 5.41 Å². The lowest BCUT2D eigenvalue weighted by Gasteiger charge is -2.45. The summed E-state index contributed by atoms with van der Waals surface area (Å²) in [4.78, 5) is 24.3. The molecule has 26 N–H and O–H groups in total. The first kappa shape index (κ1) is 84.0. The van der Waals surface area contributed by atoms with E-state index < -0.39 is 322 Å². The maximum Gasteiger partial charge on any atom is 0.288 e. The summed E-state index contributed by atoms with van der Waals surface area (Å²) in [6.07, 6.45) is -75.0. The Hall–Kier alpha value is -3.44. The normalized spacial score (nSPS) is 49.1. The smallest absolute Gasteiger partial charge is 0.288 e. The number of hydrogen-bond acceptors (Lipinski definition) is 43. The molecule has 0 spiro atoms. The van der Waals surface area contributed by atoms with Crippen LogP contribution in [0.1, 0.15) is 19.4 Å². The first-order valence-electron chi connectivity index (χ1n) is 33.6. The van der Waals surface area contributed by atoms with Gasteiger partial charge < -0.3 is 209 Å². The van der Waals surface area contributed by atoms with Crippen molar-refractivity contribution in [1.82, 2.24) is 5.32 Å². The summed E-state index contributed by atoms with van der Waals surface area (Å²) in [6.45, 7) is -3.27. The van der Waals surface area contributed by atoms with Gasteiger partial charge in [0.1, 0.15) is 201 Å². The molecule has 0 aromatic heterocycles. The van der Waals surface area contributed by atoms with E-state index in [9.17, 15) is 137 Å². The molecule has 0 aliphatic carbocycles. The van der Waals surface area contributed by atoms with E-state index in [2.05, 4.69) is 5.32 Å². The number of Topliss-reactive ketones (excluding diaryl/α,β-unsaturated/α-hetero) is 1. The van der Waals surface area contributed by atoms with E-state index in [1.165, 1.54) is 12.1 Å². The molecule has 41 unspecified atom stereocenters. The minimum Gasteiger partial charge on any atom is -0.462 e. The molecule has 1 aromatic carbocycles. The van der Waals surface area contributed by atoms with Crippen molar-refractivity contribution in [2.24, 2.45) is 5.41 Å². The first-order valence-corrected chi connectivity index (χ1v) is 33.6. The SMILES string of the molecule is CC1(C)C(=O)C(=O)NC1Cc1ccc(OC2OC(COC3OC(COC4OC(COC5OC(COC6OC(COC7OC(COC8OC(COC9OC(CO)C(O)C(O)C9O)C(O)C(O)C8O)C(O)C(O)C7O)C(O)C(O)C6O)C(O)C(O)C5O)C(O)C(O)C4O)C(O)C(O)C3O)C(O)C(O)C2O)cc1. The zero-order chi connectivity index (χ0) is 76.7. The molecule has 105 heavy (non-hydrogen) atoms. The van der Waals surface area contributed by atoms with Gasteiger partial charge in [-0.1, -0.05) is 26.0 Å². The second-order valence-electron chi connectivity index (χ2n) is 27.7. The lowest BCUT2D eigenvalue weighted by molar-refractivity contribution is -0.354. The van der Waals surface area contributed by atoms with Crippen LogP contribution in [-0.4, -0.2) is 444 Å². The molecule has 9 heterocycles. The zero-order valence-corrected chi connectivity index (χ0v) is 55.9. The standard InChI is InChI=1S/C61H95NO43/c1-61(2)26(62-52(89)51(61)88)7-16-3-5-17(6-4-16)97-60-50(87)42(79)34(71)25(105-60)15-96-59-49(86)41(78)33(70)24(104-59)14-95-58-48(85)40(77)32(69)23(103-58)13-94-57-47(84)39(76)31(68)22(102-57)12-93-56-46(83)38(75)30(67)21(101-56)11-92-55-45(82)37(74)29(66)20(100-55)10-91-54-44(81)36(73)28(65)19(99-54)9-90-53-43(80)35(72)27(64)18(8-63)98-53/h3-6,18-50,53-60,63-87H,7-15H2,1-2H3,(H,62,89). The van der Waals surface area contributed by atoms with E-state index in [1.807, 2.05) is 0 Å². The summed E-state index contributed by atoms with van der Waals surface area (Å²) < 4.78 is 89.7. The number of nitrogens with one attached hydrogen (secondary N) is 1. The van der Waals surface area contributed by atoms with E-state index in [4.69, 9.17) is 75.8 Å². The van der Waals surface area contributed by atoms with E-state index in [0.29, 0.717) is 5.56 Å². The molecule has 9 aliphatic rings. The highest BCUT2D eigenvalue weighted by Crippen LogP contribution is 2.36. The summed E-state index contributed by atoms with van der Waals surface area (Å²) in [7, 11) is 0. The molecule has 0 radical (unpaired) electrons. The van der Waals surface area contributed by atoms with E-state index in [0.717, 1.165) is 0 Å². The second-order valence-corrected chi connectivity index (χ2v) is 27.7. The molecule has 44 nitrogen and oxygen atoms in total. The molecule has 9 saturated heterocycles. The number of ketones is 1. The summed E-state index contributed by atoms with van der Waals surface area (Å²) in [5, 5.41) is 270. The Morgan fingerprint density at radius 3 is 0.733 bits per heavy atom. The number of ether oxygens (including phenoxy) is 16. The molecule has 44 heteroatoms. The van der Waals surface area contributed by atoms with Crippen molar-refractivity contribution in [3.63, 3.8) is 0 Å². The number of rotatable bonds is 26. The maximum absolute atomic E-state index is 12.3. The molecular weight excluding hydrogens is 1430 g/mol. The topological polar surface area (TPSA) is 700 Å². The van der Waals surface area contributed by atoms with Crippen molar-refractivity contribution in [2.75, 3.05) is 52.9 Å². The maximum atomic E-state index is 12.3. The summed E-state index contributed by atoms with van der Waals surface area (Å²) in [5.41, 5.74) is -0.264. The van der Waals surface area contributed by atoms with Gasteiger partial charge in [-0.15, -0.1) is 0 Å². The average molecular weight is 1530 g/mol. The van der Waals surface area contributed by atoms with Crippen LogP contribution in [0.25, 0.3) is 0 Å². The van der Waals surface area contributed by atoms with E-state index >= 15 is 0 Å². The van der Waals surface area contributed by atoms with Crippen LogP contribution in [0.5, 0.6) is 5.75 Å². The van der Waals surface area contributed by atoms with Gasteiger partial charge in [0, 0.05) is 6.04 Å². The Morgan fingerprint density at radius 1 is 0.305 bits per heavy atom. The van der Waals surface area contributed by atoms with Crippen molar-refractivity contribution in [3.8, 4) is 5.75 Å². The van der Waals surface area contributed by atoms with Gasteiger partial charge in [-0.2, -0.15) is 0 Å². The molecule has 9 fully saturated rings. The molecular formula is C61H95NO43. The van der Waals surface area contributed by atoms with Crippen molar-refractivity contribution in [2.45, 2.75) is 272 Å².